The van der Waals surface area contributed by atoms with Gasteiger partial charge in [0.1, 0.15) is 24.6 Å². The van der Waals surface area contributed by atoms with Crippen molar-refractivity contribution in [3.05, 3.63) is 36.2 Å². The minimum absolute atomic E-state index is 0.00888. The van der Waals surface area contributed by atoms with Gasteiger partial charge >= 0.3 is 0 Å². The molecule has 0 spiro atoms. The van der Waals surface area contributed by atoms with Crippen LogP contribution in [-0.2, 0) is 21.3 Å². The summed E-state index contributed by atoms with van der Waals surface area (Å²) in [7, 11) is -4.37. The molecule has 1 saturated heterocycles. The van der Waals surface area contributed by atoms with Crippen LogP contribution in [-0.4, -0.2) is 75.1 Å². The van der Waals surface area contributed by atoms with Gasteiger partial charge in [-0.1, -0.05) is 40.4 Å². The summed E-state index contributed by atoms with van der Waals surface area (Å²) in [5.41, 5.74) is 3.49. The normalized spacial score (nSPS) is 14.7. The lowest BCUT2D eigenvalue weighted by atomic mass is 9.87. The second-order valence-electron chi connectivity index (χ2n) is 13.3. The second-order valence-corrected chi connectivity index (χ2v) is 21.1. The summed E-state index contributed by atoms with van der Waals surface area (Å²) in [4.78, 5) is 25.5. The van der Waals surface area contributed by atoms with Crippen molar-refractivity contribution in [2.45, 2.75) is 66.0 Å². The molecule has 4 rings (SSSR count). The number of carbonyl (C=O) groups is 1. The van der Waals surface area contributed by atoms with Crippen LogP contribution in [0.4, 0.5) is 5.69 Å². The first-order valence-electron chi connectivity index (χ1n) is 14.3. The van der Waals surface area contributed by atoms with Crippen LogP contribution in [0.3, 0.4) is 0 Å². The molecule has 0 atom stereocenters. The van der Waals surface area contributed by atoms with Crippen molar-refractivity contribution in [1.82, 2.24) is 14.5 Å². The van der Waals surface area contributed by atoms with Gasteiger partial charge in [0.2, 0.25) is 0 Å². The molecule has 0 amide bonds. The Bertz CT molecular complexity index is 1500. The van der Waals surface area contributed by atoms with Crippen molar-refractivity contribution < 1.29 is 22.7 Å². The zero-order chi connectivity index (χ0) is 30.0. The molecule has 0 N–H and O–H groups in total. The summed E-state index contributed by atoms with van der Waals surface area (Å²) < 4.78 is 37.1. The Morgan fingerprint density at radius 2 is 1.78 bits per heavy atom. The van der Waals surface area contributed by atoms with E-state index in [0.29, 0.717) is 41.5 Å². The van der Waals surface area contributed by atoms with E-state index in [1.807, 2.05) is 43.7 Å². The van der Waals surface area contributed by atoms with E-state index < -0.39 is 23.3 Å². The van der Waals surface area contributed by atoms with Crippen LogP contribution >= 0.6 is 0 Å². The molecular formula is C30H44N4O5SSi. The number of aromatic nitrogens is 3. The van der Waals surface area contributed by atoms with Gasteiger partial charge in [-0.25, -0.2) is 18.4 Å². The van der Waals surface area contributed by atoms with Crippen molar-refractivity contribution in [3.8, 4) is 17.0 Å². The molecule has 41 heavy (non-hydrogen) atoms. The Labute approximate surface area is 245 Å². The number of nitrogens with zero attached hydrogens (tertiary/aromatic N) is 4. The molecule has 3 aromatic rings. The number of anilines is 1. The average molecular weight is 601 g/mol. The van der Waals surface area contributed by atoms with E-state index in [1.54, 1.807) is 6.20 Å². The zero-order valence-electron chi connectivity index (χ0n) is 25.5. The number of hydrogen-bond donors (Lipinski definition) is 0. The Morgan fingerprint density at radius 1 is 1.07 bits per heavy atom. The summed E-state index contributed by atoms with van der Waals surface area (Å²) in [6, 6.07) is 6.93. The van der Waals surface area contributed by atoms with Crippen LogP contribution in [0.25, 0.3) is 22.4 Å². The Kier molecular flexibility index (Phi) is 9.30. The molecule has 11 heteroatoms. The van der Waals surface area contributed by atoms with Gasteiger partial charge in [0.15, 0.2) is 21.3 Å². The first-order valence-corrected chi connectivity index (χ1v) is 20.1. The van der Waals surface area contributed by atoms with Gasteiger partial charge in [-0.3, -0.25) is 4.79 Å². The van der Waals surface area contributed by atoms with E-state index in [4.69, 9.17) is 19.4 Å². The number of sulfone groups is 1. The highest BCUT2D eigenvalue weighted by molar-refractivity contribution is 7.90. The second kappa shape index (κ2) is 12.2. The van der Waals surface area contributed by atoms with Gasteiger partial charge in [0.25, 0.3) is 0 Å². The maximum atomic E-state index is 13.5. The molecule has 1 aromatic carbocycles. The summed E-state index contributed by atoms with van der Waals surface area (Å²) in [6.45, 7) is 15.6. The number of carbonyl (C=O) groups excluding carboxylic acids is 1. The smallest absolute Gasteiger partial charge is 0.171 e. The standard InChI is InChI=1S/C30H44N4O5SSi/c1-30(2,3)28(35)25-20-34(21-38-13-15-41(5,6)7)29-27(25)32-26(19-31-29)22-16-23(33-10-8-9-11-33)18-24(17-22)39-12-14-40(4,36)37/h16-20H,8-15,21H2,1-7H3. The van der Waals surface area contributed by atoms with Gasteiger partial charge in [-0.05, 0) is 31.0 Å². The fourth-order valence-electron chi connectivity index (χ4n) is 4.68. The van der Waals surface area contributed by atoms with Crippen molar-refractivity contribution in [1.29, 1.82) is 0 Å². The molecule has 0 radical (unpaired) electrons. The Hall–Kier alpha value is -2.76. The molecule has 0 aliphatic carbocycles. The molecule has 0 bridgehead atoms. The third-order valence-corrected chi connectivity index (χ3v) is 9.71. The van der Waals surface area contributed by atoms with Crippen LogP contribution < -0.4 is 9.64 Å². The molecule has 1 aliphatic heterocycles. The highest BCUT2D eigenvalue weighted by atomic mass is 32.2. The van der Waals surface area contributed by atoms with Crippen LogP contribution in [0.15, 0.2) is 30.6 Å². The number of hydrogen-bond acceptors (Lipinski definition) is 8. The number of ketones is 1. The monoisotopic (exact) mass is 600 g/mol. The summed E-state index contributed by atoms with van der Waals surface area (Å²) in [5, 5.41) is 0. The number of fused-ring (bicyclic) bond motifs is 1. The lowest BCUT2D eigenvalue weighted by Crippen LogP contribution is -2.22. The molecule has 1 aliphatic rings. The van der Waals surface area contributed by atoms with E-state index >= 15 is 0 Å². The minimum Gasteiger partial charge on any atom is -0.492 e. The maximum Gasteiger partial charge on any atom is 0.171 e. The molecule has 2 aromatic heterocycles. The van der Waals surface area contributed by atoms with Crippen molar-refractivity contribution in [2.24, 2.45) is 5.41 Å². The quantitative estimate of drug-likeness (QED) is 0.149. The number of Topliss-reactive ketones (excluding diaryl/α,β-unsaturated/α-hetero) is 1. The third kappa shape index (κ3) is 8.39. The molecule has 3 heterocycles. The van der Waals surface area contributed by atoms with E-state index in [-0.39, 0.29) is 18.1 Å². The lowest BCUT2D eigenvalue weighted by molar-refractivity contribution is 0.0849. The van der Waals surface area contributed by atoms with Gasteiger partial charge in [-0.15, -0.1) is 0 Å². The van der Waals surface area contributed by atoms with Crippen molar-refractivity contribution in [2.75, 3.05) is 43.2 Å². The van der Waals surface area contributed by atoms with Crippen LogP contribution in [0.5, 0.6) is 5.75 Å². The zero-order valence-corrected chi connectivity index (χ0v) is 27.3. The molecule has 224 valence electrons. The van der Waals surface area contributed by atoms with Gasteiger partial charge in [-0.2, -0.15) is 0 Å². The van der Waals surface area contributed by atoms with E-state index in [1.165, 1.54) is 6.26 Å². The average Bonchev–Trinajstić information content (AvgIpc) is 3.52. The highest BCUT2D eigenvalue weighted by Gasteiger charge is 2.28. The largest absolute Gasteiger partial charge is 0.492 e. The lowest BCUT2D eigenvalue weighted by Gasteiger charge is -2.20. The van der Waals surface area contributed by atoms with Crippen LogP contribution in [0.1, 0.15) is 44.0 Å². The minimum atomic E-state index is -3.15. The third-order valence-electron chi connectivity index (χ3n) is 7.10. The summed E-state index contributed by atoms with van der Waals surface area (Å²) in [6.07, 6.45) is 6.97. The number of ether oxygens (including phenoxy) is 2. The first kappa shape index (κ1) is 31.2. The Morgan fingerprint density at radius 3 is 2.41 bits per heavy atom. The fourth-order valence-corrected chi connectivity index (χ4v) is 5.83. The molecule has 0 unspecified atom stereocenters. The molecule has 9 nitrogen and oxygen atoms in total. The maximum absolute atomic E-state index is 13.5. The topological polar surface area (TPSA) is 104 Å². The molecule has 1 fully saturated rings. The summed E-state index contributed by atoms with van der Waals surface area (Å²) >= 11 is 0. The van der Waals surface area contributed by atoms with E-state index in [9.17, 15) is 13.2 Å². The molecule has 0 saturated carbocycles. The van der Waals surface area contributed by atoms with E-state index in [2.05, 4.69) is 30.6 Å². The SMILES string of the molecule is CC(C)(C)C(=O)c1cn(COCC[Si](C)(C)C)c2ncc(-c3cc(OCCS(C)(=O)=O)cc(N4CCCC4)c3)nc12. The molecular weight excluding hydrogens is 557 g/mol. The van der Waals surface area contributed by atoms with Gasteiger partial charge in [0, 0.05) is 63.0 Å². The van der Waals surface area contributed by atoms with Crippen molar-refractivity contribution >= 4 is 40.5 Å². The number of benzene rings is 1. The van der Waals surface area contributed by atoms with E-state index in [0.717, 1.165) is 43.2 Å². The van der Waals surface area contributed by atoms with Crippen LogP contribution in [0.2, 0.25) is 25.7 Å². The predicted molar refractivity (Wildman–Crippen MR) is 168 cm³/mol. The first-order chi connectivity index (χ1) is 19.1. The fraction of sp³-hybridized carbons (Fsp3) is 0.567. The van der Waals surface area contributed by atoms with Gasteiger partial charge < -0.3 is 18.9 Å². The Balaban J connectivity index is 1.73. The van der Waals surface area contributed by atoms with Crippen LogP contribution in [0, 0.1) is 5.41 Å². The summed E-state index contributed by atoms with van der Waals surface area (Å²) in [5.74, 6) is 0.508. The predicted octanol–water partition coefficient (Wildman–Crippen LogP) is 5.66. The van der Waals surface area contributed by atoms with Gasteiger partial charge in [0.05, 0.1) is 23.2 Å². The highest BCUT2D eigenvalue weighted by Crippen LogP contribution is 2.33. The van der Waals surface area contributed by atoms with Crippen molar-refractivity contribution in [3.63, 3.8) is 0 Å². The number of rotatable bonds is 12.